The summed E-state index contributed by atoms with van der Waals surface area (Å²) in [5.41, 5.74) is 1.79. The predicted molar refractivity (Wildman–Crippen MR) is 84.7 cm³/mol. The number of nitrogens with zero attached hydrogens (tertiary/aromatic N) is 1. The Hall–Kier alpha value is -1.26. The van der Waals surface area contributed by atoms with Crippen molar-refractivity contribution in [3.63, 3.8) is 0 Å². The van der Waals surface area contributed by atoms with Gasteiger partial charge in [0, 0.05) is 5.39 Å². The molecule has 104 valence electrons. The van der Waals surface area contributed by atoms with Crippen molar-refractivity contribution in [1.82, 2.24) is 4.98 Å². The van der Waals surface area contributed by atoms with Gasteiger partial charge in [-0.05, 0) is 60.5 Å². The molecule has 1 aromatic heterocycles. The van der Waals surface area contributed by atoms with Crippen LogP contribution in [0.5, 0.6) is 5.75 Å². The summed E-state index contributed by atoms with van der Waals surface area (Å²) >= 11 is 9.39. The summed E-state index contributed by atoms with van der Waals surface area (Å²) in [5.74, 6) is 0.827. The summed E-state index contributed by atoms with van der Waals surface area (Å²) in [4.78, 5) is 4.30. The SMILES string of the molecule is Cc1cc(Cl)nc2cc3c(cc12)OC(C)(C)C(Br)=C3O. The smallest absolute Gasteiger partial charge is 0.140 e. The number of hydrogen-bond donors (Lipinski definition) is 1. The van der Waals surface area contributed by atoms with Gasteiger partial charge in [-0.3, -0.25) is 0 Å². The highest BCUT2D eigenvalue weighted by Crippen LogP contribution is 2.43. The molecule has 2 aromatic rings. The molecule has 2 heterocycles. The third-order valence-corrected chi connectivity index (χ3v) is 4.97. The van der Waals surface area contributed by atoms with Crippen LogP contribution in [0.4, 0.5) is 0 Å². The van der Waals surface area contributed by atoms with Crippen molar-refractivity contribution in [2.45, 2.75) is 26.4 Å². The second-order valence-electron chi connectivity index (χ2n) is 5.40. The second-order valence-corrected chi connectivity index (χ2v) is 6.58. The quantitative estimate of drug-likeness (QED) is 0.678. The van der Waals surface area contributed by atoms with Crippen LogP contribution in [0.2, 0.25) is 5.15 Å². The lowest BCUT2D eigenvalue weighted by Crippen LogP contribution is -2.32. The van der Waals surface area contributed by atoms with Gasteiger partial charge < -0.3 is 9.84 Å². The number of aryl methyl sites for hydroxylation is 1. The third-order valence-electron chi connectivity index (χ3n) is 3.44. The van der Waals surface area contributed by atoms with Gasteiger partial charge in [-0.15, -0.1) is 0 Å². The molecule has 0 aliphatic carbocycles. The first-order valence-corrected chi connectivity index (χ1v) is 7.36. The molecule has 1 aromatic carbocycles. The maximum atomic E-state index is 10.4. The molecule has 0 spiro atoms. The highest BCUT2D eigenvalue weighted by atomic mass is 79.9. The van der Waals surface area contributed by atoms with Gasteiger partial charge in [-0.1, -0.05) is 11.6 Å². The zero-order chi connectivity index (χ0) is 14.7. The van der Waals surface area contributed by atoms with Crippen molar-refractivity contribution < 1.29 is 9.84 Å². The van der Waals surface area contributed by atoms with Crippen LogP contribution in [0.1, 0.15) is 25.0 Å². The number of aliphatic hydroxyl groups is 1. The van der Waals surface area contributed by atoms with Gasteiger partial charge >= 0.3 is 0 Å². The van der Waals surface area contributed by atoms with Crippen LogP contribution in [-0.4, -0.2) is 15.7 Å². The first-order valence-electron chi connectivity index (χ1n) is 6.19. The molecule has 5 heteroatoms. The zero-order valence-electron chi connectivity index (χ0n) is 11.3. The number of hydrogen-bond acceptors (Lipinski definition) is 3. The lowest BCUT2D eigenvalue weighted by Gasteiger charge is -2.32. The molecule has 3 nitrogen and oxygen atoms in total. The summed E-state index contributed by atoms with van der Waals surface area (Å²) in [6.45, 7) is 5.77. The minimum absolute atomic E-state index is 0.178. The molecule has 0 radical (unpaired) electrons. The van der Waals surface area contributed by atoms with Gasteiger partial charge in [0.15, 0.2) is 0 Å². The monoisotopic (exact) mass is 353 g/mol. The first-order chi connectivity index (χ1) is 9.29. The average Bonchev–Trinajstić information content (AvgIpc) is 2.35. The van der Waals surface area contributed by atoms with Gasteiger partial charge in [0.2, 0.25) is 0 Å². The molecule has 0 fully saturated rings. The standard InChI is InChI=1S/C15H13BrClNO2/c1-7-4-12(17)18-10-5-9-11(6-8(7)10)20-15(2,3)14(16)13(9)19/h4-6,19H,1-3H3. The summed E-state index contributed by atoms with van der Waals surface area (Å²) in [6.07, 6.45) is 0. The van der Waals surface area contributed by atoms with Gasteiger partial charge in [-0.2, -0.15) is 0 Å². The Morgan fingerprint density at radius 2 is 2.00 bits per heavy atom. The van der Waals surface area contributed by atoms with E-state index in [0.29, 0.717) is 20.9 Å². The molecule has 0 amide bonds. The van der Waals surface area contributed by atoms with Gasteiger partial charge in [0.05, 0.1) is 15.6 Å². The summed E-state index contributed by atoms with van der Waals surface area (Å²) in [6, 6.07) is 5.52. The molecule has 1 aliphatic heterocycles. The molecule has 0 unspecified atom stereocenters. The number of pyridine rings is 1. The van der Waals surface area contributed by atoms with Crippen LogP contribution in [0.15, 0.2) is 22.7 Å². The van der Waals surface area contributed by atoms with E-state index in [0.717, 1.165) is 16.5 Å². The van der Waals surface area contributed by atoms with Crippen LogP contribution in [0.3, 0.4) is 0 Å². The maximum absolute atomic E-state index is 10.4. The number of ether oxygens (including phenoxy) is 1. The van der Waals surface area contributed by atoms with Crippen LogP contribution in [0.25, 0.3) is 16.7 Å². The van der Waals surface area contributed by atoms with E-state index in [1.54, 1.807) is 6.07 Å². The zero-order valence-corrected chi connectivity index (χ0v) is 13.6. The highest BCUT2D eigenvalue weighted by Gasteiger charge is 2.34. The normalized spacial score (nSPS) is 17.1. The Labute approximate surface area is 130 Å². The Bertz CT molecular complexity index is 768. The summed E-state index contributed by atoms with van der Waals surface area (Å²) in [7, 11) is 0. The molecule has 0 saturated carbocycles. The molecular weight excluding hydrogens is 342 g/mol. The molecule has 0 atom stereocenters. The molecular formula is C15H13BrClNO2. The van der Waals surface area contributed by atoms with Crippen LogP contribution in [-0.2, 0) is 0 Å². The van der Waals surface area contributed by atoms with Crippen molar-refractivity contribution >= 4 is 44.2 Å². The molecule has 1 N–H and O–H groups in total. The fraction of sp³-hybridized carbons (Fsp3) is 0.267. The van der Waals surface area contributed by atoms with Crippen LogP contribution in [0, 0.1) is 6.92 Å². The lowest BCUT2D eigenvalue weighted by molar-refractivity contribution is 0.150. The maximum Gasteiger partial charge on any atom is 0.140 e. The second kappa shape index (κ2) is 4.37. The Balaban J connectivity index is 2.35. The molecule has 20 heavy (non-hydrogen) atoms. The number of halogens is 2. The summed E-state index contributed by atoms with van der Waals surface area (Å²) < 4.78 is 6.59. The molecule has 0 saturated heterocycles. The van der Waals surface area contributed by atoms with E-state index in [2.05, 4.69) is 20.9 Å². The van der Waals surface area contributed by atoms with Crippen LogP contribution < -0.4 is 4.74 Å². The molecule has 1 aliphatic rings. The third kappa shape index (κ3) is 1.98. The Kier molecular flexibility index (Phi) is 2.99. The van der Waals surface area contributed by atoms with E-state index in [-0.39, 0.29) is 5.76 Å². The fourth-order valence-electron chi connectivity index (χ4n) is 2.37. The van der Waals surface area contributed by atoms with Crippen LogP contribution >= 0.6 is 27.5 Å². The average molecular weight is 355 g/mol. The highest BCUT2D eigenvalue weighted by molar-refractivity contribution is 9.12. The van der Waals surface area contributed by atoms with Crippen molar-refractivity contribution in [2.24, 2.45) is 0 Å². The van der Waals surface area contributed by atoms with Crippen molar-refractivity contribution in [3.05, 3.63) is 39.0 Å². The van der Waals surface area contributed by atoms with Gasteiger partial charge in [-0.25, -0.2) is 4.98 Å². The Morgan fingerprint density at radius 3 is 2.70 bits per heavy atom. The minimum atomic E-state index is -0.599. The molecule has 0 bridgehead atoms. The van der Waals surface area contributed by atoms with E-state index in [9.17, 15) is 5.11 Å². The topological polar surface area (TPSA) is 42.4 Å². The van der Waals surface area contributed by atoms with E-state index >= 15 is 0 Å². The van der Waals surface area contributed by atoms with Crippen molar-refractivity contribution in [1.29, 1.82) is 0 Å². The molecule has 3 rings (SSSR count). The predicted octanol–water partition coefficient (Wildman–Crippen LogP) is 4.99. The minimum Gasteiger partial charge on any atom is -0.506 e. The van der Waals surface area contributed by atoms with Gasteiger partial charge in [0.1, 0.15) is 22.3 Å². The number of benzene rings is 1. The summed E-state index contributed by atoms with van der Waals surface area (Å²) in [5, 5.41) is 11.8. The Morgan fingerprint density at radius 1 is 1.30 bits per heavy atom. The first kappa shape index (κ1) is 13.7. The fourth-order valence-corrected chi connectivity index (χ4v) is 2.92. The van der Waals surface area contributed by atoms with E-state index in [1.807, 2.05) is 32.9 Å². The van der Waals surface area contributed by atoms with E-state index in [4.69, 9.17) is 16.3 Å². The number of aromatic nitrogens is 1. The van der Waals surface area contributed by atoms with E-state index in [1.165, 1.54) is 0 Å². The lowest BCUT2D eigenvalue weighted by atomic mass is 9.98. The van der Waals surface area contributed by atoms with Gasteiger partial charge in [0.25, 0.3) is 0 Å². The number of rotatable bonds is 0. The van der Waals surface area contributed by atoms with E-state index < -0.39 is 5.60 Å². The van der Waals surface area contributed by atoms with Crippen molar-refractivity contribution in [2.75, 3.05) is 0 Å². The van der Waals surface area contributed by atoms with Crippen molar-refractivity contribution in [3.8, 4) is 5.75 Å². The largest absolute Gasteiger partial charge is 0.506 e. The number of aliphatic hydroxyl groups excluding tert-OH is 1. The number of fused-ring (bicyclic) bond motifs is 2.